The molecule has 0 aliphatic rings. The fourth-order valence-electron chi connectivity index (χ4n) is 1.39. The minimum absolute atomic E-state index is 0.794. The van der Waals surface area contributed by atoms with Gasteiger partial charge in [-0.3, -0.25) is 0 Å². The molecule has 84 valence electrons. The van der Waals surface area contributed by atoms with E-state index in [0.717, 1.165) is 30.9 Å². The van der Waals surface area contributed by atoms with Gasteiger partial charge in [0.05, 0.1) is 7.11 Å². The first-order valence-corrected chi connectivity index (χ1v) is 5.45. The number of anilines is 1. The fourth-order valence-corrected chi connectivity index (χ4v) is 1.39. The SMILES string of the molecule is COc1ccc(NCCCCCN)cc1. The number of benzene rings is 1. The number of hydrogen-bond acceptors (Lipinski definition) is 3. The summed E-state index contributed by atoms with van der Waals surface area (Å²) in [6.45, 7) is 1.80. The summed E-state index contributed by atoms with van der Waals surface area (Å²) in [6, 6.07) is 7.98. The number of nitrogens with one attached hydrogen (secondary N) is 1. The van der Waals surface area contributed by atoms with Crippen molar-refractivity contribution >= 4 is 5.69 Å². The first-order chi connectivity index (χ1) is 7.36. The topological polar surface area (TPSA) is 47.3 Å². The summed E-state index contributed by atoms with van der Waals surface area (Å²) in [6.07, 6.45) is 3.48. The van der Waals surface area contributed by atoms with Crippen LogP contribution in [0.2, 0.25) is 0 Å². The molecule has 0 saturated carbocycles. The largest absolute Gasteiger partial charge is 0.497 e. The quantitative estimate of drug-likeness (QED) is 0.675. The van der Waals surface area contributed by atoms with E-state index in [2.05, 4.69) is 5.32 Å². The van der Waals surface area contributed by atoms with Gasteiger partial charge in [-0.1, -0.05) is 6.42 Å². The van der Waals surface area contributed by atoms with Crippen molar-refractivity contribution in [3.8, 4) is 5.75 Å². The van der Waals surface area contributed by atoms with Crippen LogP contribution in [0.25, 0.3) is 0 Å². The highest BCUT2D eigenvalue weighted by molar-refractivity contribution is 5.46. The molecule has 0 spiro atoms. The highest BCUT2D eigenvalue weighted by Gasteiger charge is 1.93. The molecule has 15 heavy (non-hydrogen) atoms. The van der Waals surface area contributed by atoms with Crippen LogP contribution in [0, 0.1) is 0 Å². The van der Waals surface area contributed by atoms with Gasteiger partial charge in [-0.05, 0) is 43.7 Å². The van der Waals surface area contributed by atoms with Gasteiger partial charge in [0, 0.05) is 12.2 Å². The average molecular weight is 208 g/mol. The van der Waals surface area contributed by atoms with E-state index < -0.39 is 0 Å². The highest BCUT2D eigenvalue weighted by Crippen LogP contribution is 2.14. The Bertz CT molecular complexity index is 259. The number of hydrogen-bond donors (Lipinski definition) is 2. The van der Waals surface area contributed by atoms with Crippen molar-refractivity contribution in [3.63, 3.8) is 0 Å². The first-order valence-electron chi connectivity index (χ1n) is 5.45. The van der Waals surface area contributed by atoms with Crippen molar-refractivity contribution < 1.29 is 4.74 Å². The Labute approximate surface area is 91.6 Å². The lowest BCUT2D eigenvalue weighted by Gasteiger charge is -2.06. The Hall–Kier alpha value is -1.22. The molecule has 0 radical (unpaired) electrons. The number of nitrogens with two attached hydrogens (primary N) is 1. The second-order valence-corrected chi connectivity index (χ2v) is 3.50. The van der Waals surface area contributed by atoms with Gasteiger partial charge in [-0.25, -0.2) is 0 Å². The normalized spacial score (nSPS) is 10.0. The number of unbranched alkanes of at least 4 members (excludes halogenated alkanes) is 2. The third-order valence-corrected chi connectivity index (χ3v) is 2.30. The number of methoxy groups -OCH3 is 1. The molecule has 1 aromatic carbocycles. The predicted molar refractivity (Wildman–Crippen MR) is 64.4 cm³/mol. The minimum atomic E-state index is 0.794. The van der Waals surface area contributed by atoms with Crippen LogP contribution >= 0.6 is 0 Å². The Kier molecular flexibility index (Phi) is 5.63. The molecule has 3 heteroatoms. The van der Waals surface area contributed by atoms with Crippen LogP contribution in [-0.4, -0.2) is 20.2 Å². The molecule has 0 heterocycles. The van der Waals surface area contributed by atoms with Gasteiger partial charge in [0.2, 0.25) is 0 Å². The van der Waals surface area contributed by atoms with E-state index in [9.17, 15) is 0 Å². The van der Waals surface area contributed by atoms with Crippen molar-refractivity contribution in [3.05, 3.63) is 24.3 Å². The van der Waals surface area contributed by atoms with Gasteiger partial charge in [-0.15, -0.1) is 0 Å². The molecular formula is C12H20N2O. The summed E-state index contributed by atoms with van der Waals surface area (Å²) in [4.78, 5) is 0. The maximum atomic E-state index is 5.42. The van der Waals surface area contributed by atoms with Crippen LogP contribution in [-0.2, 0) is 0 Å². The molecule has 0 atom stereocenters. The van der Waals surface area contributed by atoms with E-state index in [0.29, 0.717) is 0 Å². The molecule has 3 nitrogen and oxygen atoms in total. The Morgan fingerprint density at radius 2 is 1.87 bits per heavy atom. The van der Waals surface area contributed by atoms with E-state index in [4.69, 9.17) is 10.5 Å². The van der Waals surface area contributed by atoms with Gasteiger partial charge in [0.15, 0.2) is 0 Å². The summed E-state index contributed by atoms with van der Waals surface area (Å²) < 4.78 is 5.09. The number of rotatable bonds is 7. The fraction of sp³-hybridized carbons (Fsp3) is 0.500. The van der Waals surface area contributed by atoms with E-state index >= 15 is 0 Å². The Morgan fingerprint density at radius 1 is 1.13 bits per heavy atom. The zero-order chi connectivity index (χ0) is 10.9. The lowest BCUT2D eigenvalue weighted by molar-refractivity contribution is 0.415. The lowest BCUT2D eigenvalue weighted by atomic mass is 10.2. The molecule has 1 rings (SSSR count). The second-order valence-electron chi connectivity index (χ2n) is 3.50. The number of ether oxygens (including phenoxy) is 1. The molecule has 0 unspecified atom stereocenters. The molecule has 0 aliphatic carbocycles. The maximum absolute atomic E-state index is 5.42. The van der Waals surface area contributed by atoms with E-state index in [1.54, 1.807) is 7.11 Å². The Morgan fingerprint density at radius 3 is 2.47 bits per heavy atom. The summed E-state index contributed by atoms with van der Waals surface area (Å²) in [5.41, 5.74) is 6.56. The van der Waals surface area contributed by atoms with E-state index in [1.807, 2.05) is 24.3 Å². The van der Waals surface area contributed by atoms with Gasteiger partial charge in [0.25, 0.3) is 0 Å². The molecule has 0 saturated heterocycles. The van der Waals surface area contributed by atoms with Gasteiger partial charge < -0.3 is 15.8 Å². The van der Waals surface area contributed by atoms with Crippen LogP contribution in [0.1, 0.15) is 19.3 Å². The van der Waals surface area contributed by atoms with Crippen molar-refractivity contribution in [2.24, 2.45) is 5.73 Å². The third-order valence-electron chi connectivity index (χ3n) is 2.30. The summed E-state index contributed by atoms with van der Waals surface area (Å²) >= 11 is 0. The van der Waals surface area contributed by atoms with Crippen molar-refractivity contribution in [1.29, 1.82) is 0 Å². The lowest BCUT2D eigenvalue weighted by Crippen LogP contribution is -2.03. The van der Waals surface area contributed by atoms with Crippen LogP contribution in [0.3, 0.4) is 0 Å². The van der Waals surface area contributed by atoms with Gasteiger partial charge in [-0.2, -0.15) is 0 Å². The van der Waals surface area contributed by atoms with Crippen molar-refractivity contribution in [1.82, 2.24) is 0 Å². The first kappa shape index (κ1) is 11.9. The minimum Gasteiger partial charge on any atom is -0.497 e. The molecule has 3 N–H and O–H groups in total. The van der Waals surface area contributed by atoms with Gasteiger partial charge in [0.1, 0.15) is 5.75 Å². The van der Waals surface area contributed by atoms with Crippen LogP contribution in [0.15, 0.2) is 24.3 Å². The van der Waals surface area contributed by atoms with Gasteiger partial charge >= 0.3 is 0 Å². The summed E-state index contributed by atoms with van der Waals surface area (Å²) in [7, 11) is 1.68. The molecule has 0 fully saturated rings. The highest BCUT2D eigenvalue weighted by atomic mass is 16.5. The smallest absolute Gasteiger partial charge is 0.119 e. The summed E-state index contributed by atoms with van der Waals surface area (Å²) in [5, 5.41) is 3.36. The average Bonchev–Trinajstić information content (AvgIpc) is 2.30. The Balaban J connectivity index is 2.20. The molecule has 0 bridgehead atoms. The monoisotopic (exact) mass is 208 g/mol. The zero-order valence-electron chi connectivity index (χ0n) is 9.33. The van der Waals surface area contributed by atoms with E-state index in [1.165, 1.54) is 12.8 Å². The zero-order valence-corrected chi connectivity index (χ0v) is 9.33. The maximum Gasteiger partial charge on any atom is 0.119 e. The molecule has 0 amide bonds. The van der Waals surface area contributed by atoms with Crippen LogP contribution in [0.4, 0.5) is 5.69 Å². The van der Waals surface area contributed by atoms with Crippen LogP contribution in [0.5, 0.6) is 5.75 Å². The summed E-state index contributed by atoms with van der Waals surface area (Å²) in [5.74, 6) is 0.892. The molecule has 0 aromatic heterocycles. The molecular weight excluding hydrogens is 188 g/mol. The predicted octanol–water partition coefficient (Wildman–Crippen LogP) is 2.24. The van der Waals surface area contributed by atoms with Crippen molar-refractivity contribution in [2.45, 2.75) is 19.3 Å². The van der Waals surface area contributed by atoms with E-state index in [-0.39, 0.29) is 0 Å². The third kappa shape index (κ3) is 4.70. The standard InChI is InChI=1S/C12H20N2O/c1-15-12-7-5-11(6-8-12)14-10-4-2-3-9-13/h5-8,14H,2-4,9-10,13H2,1H3. The second kappa shape index (κ2) is 7.12. The molecule has 0 aliphatic heterocycles. The molecule has 1 aromatic rings. The van der Waals surface area contributed by atoms with Crippen LogP contribution < -0.4 is 15.8 Å². The van der Waals surface area contributed by atoms with Crippen molar-refractivity contribution in [2.75, 3.05) is 25.5 Å².